The minimum absolute atomic E-state index is 0. The Balaban J connectivity index is 0.00000364. The average molecular weight is 434 g/mol. The second-order valence-corrected chi connectivity index (χ2v) is 7.68. The van der Waals surface area contributed by atoms with Crippen molar-refractivity contribution >= 4 is 11.4 Å². The van der Waals surface area contributed by atoms with Gasteiger partial charge in [-0.2, -0.15) is 10.2 Å². The SMILES string of the molecule is CCCCc1ccc(/N=N/c2ccc(OCCC[N+](C)(C)C)cc2)cc1.[Br-]. The Morgan fingerprint density at radius 2 is 1.37 bits per heavy atom. The number of ether oxygens (including phenoxy) is 1. The van der Waals surface area contributed by atoms with Crippen LogP contribution in [-0.4, -0.2) is 38.8 Å². The van der Waals surface area contributed by atoms with E-state index in [1.54, 1.807) is 0 Å². The molecule has 0 aliphatic carbocycles. The van der Waals surface area contributed by atoms with Gasteiger partial charge in [0.1, 0.15) is 5.75 Å². The van der Waals surface area contributed by atoms with E-state index in [4.69, 9.17) is 4.74 Å². The molecule has 0 saturated carbocycles. The van der Waals surface area contributed by atoms with Crippen LogP contribution >= 0.6 is 0 Å². The Morgan fingerprint density at radius 3 is 1.89 bits per heavy atom. The molecule has 0 spiro atoms. The second-order valence-electron chi connectivity index (χ2n) is 7.68. The van der Waals surface area contributed by atoms with Crippen LogP contribution in [0.25, 0.3) is 0 Å². The van der Waals surface area contributed by atoms with Gasteiger partial charge in [-0.25, -0.2) is 0 Å². The number of halogens is 1. The van der Waals surface area contributed by atoms with Crippen LogP contribution in [-0.2, 0) is 6.42 Å². The van der Waals surface area contributed by atoms with Crippen LogP contribution in [0, 0.1) is 0 Å². The third-order valence-electron chi connectivity index (χ3n) is 4.12. The molecule has 0 aromatic heterocycles. The van der Waals surface area contributed by atoms with Crippen molar-refractivity contribution in [2.24, 2.45) is 10.2 Å². The third kappa shape index (κ3) is 9.68. The van der Waals surface area contributed by atoms with Crippen molar-refractivity contribution < 1.29 is 26.2 Å². The lowest BCUT2D eigenvalue weighted by Gasteiger charge is -2.23. The topological polar surface area (TPSA) is 34.0 Å². The van der Waals surface area contributed by atoms with Gasteiger partial charge in [-0.1, -0.05) is 25.5 Å². The molecular weight excluding hydrogens is 402 g/mol. The van der Waals surface area contributed by atoms with Crippen molar-refractivity contribution in [3.63, 3.8) is 0 Å². The van der Waals surface area contributed by atoms with Crippen molar-refractivity contribution in [2.75, 3.05) is 34.3 Å². The predicted molar refractivity (Wildman–Crippen MR) is 109 cm³/mol. The second kappa shape index (κ2) is 11.9. The summed E-state index contributed by atoms with van der Waals surface area (Å²) in [7, 11) is 6.58. The number of azo groups is 1. The fraction of sp³-hybridized carbons (Fsp3) is 0.455. The quantitative estimate of drug-likeness (QED) is 0.322. The van der Waals surface area contributed by atoms with Crippen molar-refractivity contribution in [1.82, 2.24) is 0 Å². The van der Waals surface area contributed by atoms with Crippen LogP contribution in [0.3, 0.4) is 0 Å². The number of unbranched alkanes of at least 4 members (excludes halogenated alkanes) is 1. The molecule has 0 fully saturated rings. The average Bonchev–Trinajstić information content (AvgIpc) is 2.63. The first-order valence-corrected chi connectivity index (χ1v) is 9.50. The van der Waals surface area contributed by atoms with Gasteiger partial charge in [0.05, 0.1) is 45.7 Å². The molecule has 5 heteroatoms. The lowest BCUT2D eigenvalue weighted by molar-refractivity contribution is -0.870. The molecule has 4 nitrogen and oxygen atoms in total. The maximum Gasteiger partial charge on any atom is 0.119 e. The standard InChI is InChI=1S/C22H32N3O.BrH/c1-5-6-8-19-9-11-20(12-10-19)23-24-21-13-15-22(16-14-21)26-18-7-17-25(2,3)4;/h9-16H,5-8,17-18H2,1-4H3;1H/q+1;/p-1/b24-23+;. The van der Waals surface area contributed by atoms with E-state index in [2.05, 4.69) is 50.4 Å². The smallest absolute Gasteiger partial charge is 0.119 e. The van der Waals surface area contributed by atoms with Crippen molar-refractivity contribution in [3.05, 3.63) is 54.1 Å². The molecule has 2 aromatic rings. The van der Waals surface area contributed by atoms with E-state index in [0.29, 0.717) is 0 Å². The minimum Gasteiger partial charge on any atom is -1.00 e. The van der Waals surface area contributed by atoms with Gasteiger partial charge in [-0.3, -0.25) is 0 Å². The molecular formula is C22H32BrN3O. The third-order valence-corrected chi connectivity index (χ3v) is 4.12. The predicted octanol–water partition coefficient (Wildman–Crippen LogP) is 2.92. The molecule has 2 rings (SSSR count). The van der Waals surface area contributed by atoms with E-state index in [9.17, 15) is 0 Å². The van der Waals surface area contributed by atoms with E-state index in [0.717, 1.165) is 47.6 Å². The van der Waals surface area contributed by atoms with Gasteiger partial charge in [0.15, 0.2) is 0 Å². The number of quaternary nitrogens is 1. The Labute approximate surface area is 174 Å². The maximum absolute atomic E-state index is 5.78. The van der Waals surface area contributed by atoms with E-state index in [1.807, 2.05) is 36.4 Å². The molecule has 0 saturated heterocycles. The van der Waals surface area contributed by atoms with E-state index in [1.165, 1.54) is 18.4 Å². The molecule has 0 aliphatic heterocycles. The molecule has 0 radical (unpaired) electrons. The molecule has 2 aromatic carbocycles. The summed E-state index contributed by atoms with van der Waals surface area (Å²) in [5.74, 6) is 0.880. The van der Waals surface area contributed by atoms with Gasteiger partial charge < -0.3 is 26.2 Å². The summed E-state index contributed by atoms with van der Waals surface area (Å²) in [4.78, 5) is 0. The lowest BCUT2D eigenvalue weighted by atomic mass is 10.1. The largest absolute Gasteiger partial charge is 1.00 e. The molecule has 0 bridgehead atoms. The van der Waals surface area contributed by atoms with Gasteiger partial charge in [-0.05, 0) is 54.8 Å². The van der Waals surface area contributed by atoms with Crippen LogP contribution in [0.1, 0.15) is 31.7 Å². The Morgan fingerprint density at radius 1 is 0.815 bits per heavy atom. The van der Waals surface area contributed by atoms with Crippen LogP contribution < -0.4 is 21.7 Å². The number of benzene rings is 2. The van der Waals surface area contributed by atoms with Crippen molar-refractivity contribution in [3.8, 4) is 5.75 Å². The zero-order valence-electron chi connectivity index (χ0n) is 17.0. The van der Waals surface area contributed by atoms with Crippen LogP contribution in [0.4, 0.5) is 11.4 Å². The van der Waals surface area contributed by atoms with Gasteiger partial charge in [0.2, 0.25) is 0 Å². The summed E-state index contributed by atoms with van der Waals surface area (Å²) in [6, 6.07) is 16.1. The van der Waals surface area contributed by atoms with Gasteiger partial charge >= 0.3 is 0 Å². The van der Waals surface area contributed by atoms with E-state index >= 15 is 0 Å². The molecule has 148 valence electrons. The monoisotopic (exact) mass is 433 g/mol. The van der Waals surface area contributed by atoms with Crippen LogP contribution in [0.2, 0.25) is 0 Å². The lowest BCUT2D eigenvalue weighted by Crippen LogP contribution is -3.00. The maximum atomic E-state index is 5.78. The summed E-state index contributed by atoms with van der Waals surface area (Å²) in [5.41, 5.74) is 3.07. The van der Waals surface area contributed by atoms with E-state index in [-0.39, 0.29) is 17.0 Å². The number of hydrogen-bond donors (Lipinski definition) is 0. The van der Waals surface area contributed by atoms with Crippen LogP contribution in [0.5, 0.6) is 5.75 Å². The number of hydrogen-bond acceptors (Lipinski definition) is 3. The fourth-order valence-electron chi connectivity index (χ4n) is 2.56. The highest BCUT2D eigenvalue weighted by Gasteiger charge is 2.05. The highest BCUT2D eigenvalue weighted by atomic mass is 79.9. The van der Waals surface area contributed by atoms with Crippen LogP contribution in [0.15, 0.2) is 58.8 Å². The number of aryl methyl sites for hydroxylation is 1. The minimum atomic E-state index is 0. The fourth-order valence-corrected chi connectivity index (χ4v) is 2.56. The zero-order chi connectivity index (χ0) is 18.8. The molecule has 0 heterocycles. The first-order chi connectivity index (χ1) is 12.5. The molecule has 0 unspecified atom stereocenters. The van der Waals surface area contributed by atoms with Crippen molar-refractivity contribution in [2.45, 2.75) is 32.6 Å². The normalized spacial score (nSPS) is 11.4. The van der Waals surface area contributed by atoms with Gasteiger partial charge in [-0.15, -0.1) is 0 Å². The summed E-state index contributed by atoms with van der Waals surface area (Å²) < 4.78 is 6.74. The van der Waals surface area contributed by atoms with Crippen molar-refractivity contribution in [1.29, 1.82) is 0 Å². The highest BCUT2D eigenvalue weighted by Crippen LogP contribution is 2.22. The summed E-state index contributed by atoms with van der Waals surface area (Å²) in [6.45, 7) is 4.05. The number of nitrogens with zero attached hydrogens (tertiary/aromatic N) is 3. The first kappa shape index (κ1) is 23.3. The number of rotatable bonds is 10. The zero-order valence-corrected chi connectivity index (χ0v) is 18.6. The molecule has 0 amide bonds. The Kier molecular flexibility index (Phi) is 10.3. The Bertz CT molecular complexity index is 676. The summed E-state index contributed by atoms with van der Waals surface area (Å²) in [5, 5.41) is 8.62. The molecule has 0 N–H and O–H groups in total. The summed E-state index contributed by atoms with van der Waals surface area (Å²) in [6.07, 6.45) is 4.62. The first-order valence-electron chi connectivity index (χ1n) is 9.50. The molecule has 0 aliphatic rings. The molecule has 0 atom stereocenters. The van der Waals surface area contributed by atoms with Gasteiger partial charge in [0, 0.05) is 6.42 Å². The highest BCUT2D eigenvalue weighted by molar-refractivity contribution is 5.43. The Hall–Kier alpha value is -1.72. The van der Waals surface area contributed by atoms with E-state index < -0.39 is 0 Å². The van der Waals surface area contributed by atoms with Gasteiger partial charge in [0.25, 0.3) is 0 Å². The molecule has 27 heavy (non-hydrogen) atoms. The summed E-state index contributed by atoms with van der Waals surface area (Å²) >= 11 is 0.